The summed E-state index contributed by atoms with van der Waals surface area (Å²) in [7, 11) is 0. The second-order valence-corrected chi connectivity index (χ2v) is 3.72. The Morgan fingerprint density at radius 3 is 2.59 bits per heavy atom. The Morgan fingerprint density at radius 2 is 2.06 bits per heavy atom. The number of rotatable bonds is 4. The lowest BCUT2D eigenvalue weighted by molar-refractivity contribution is -0.274. The number of hydrogen-bond donors (Lipinski definition) is 1. The van der Waals surface area contributed by atoms with Crippen LogP contribution < -0.4 is 4.74 Å². The lowest BCUT2D eigenvalue weighted by Crippen LogP contribution is -2.22. The maximum atomic E-state index is 12.0. The number of aldehydes is 1. The van der Waals surface area contributed by atoms with Gasteiger partial charge in [0.1, 0.15) is 12.0 Å². The van der Waals surface area contributed by atoms with Gasteiger partial charge in [-0.3, -0.25) is 0 Å². The molecule has 17 heavy (non-hydrogen) atoms. The predicted molar refractivity (Wildman–Crippen MR) is 53.4 cm³/mol. The average molecular weight is 248 g/mol. The van der Waals surface area contributed by atoms with Crippen molar-refractivity contribution in [3.63, 3.8) is 0 Å². The SMILES string of the molecule is CC(O)(CC=O)c1cccc(OC(F)(F)F)c1. The van der Waals surface area contributed by atoms with Crippen LogP contribution in [0.25, 0.3) is 0 Å². The smallest absolute Gasteiger partial charge is 0.406 e. The Labute approximate surface area is 95.8 Å². The number of halogens is 3. The van der Waals surface area contributed by atoms with Gasteiger partial charge in [0.05, 0.1) is 5.60 Å². The van der Waals surface area contributed by atoms with Crippen molar-refractivity contribution in [2.45, 2.75) is 25.3 Å². The minimum atomic E-state index is -4.78. The lowest BCUT2D eigenvalue weighted by atomic mass is 9.93. The number of hydrogen-bond acceptors (Lipinski definition) is 3. The van der Waals surface area contributed by atoms with Crippen LogP contribution in [0.15, 0.2) is 24.3 Å². The summed E-state index contributed by atoms with van der Waals surface area (Å²) in [4.78, 5) is 10.3. The Balaban J connectivity index is 2.97. The number of aliphatic hydroxyl groups is 1. The largest absolute Gasteiger partial charge is 0.573 e. The van der Waals surface area contributed by atoms with Gasteiger partial charge in [0.25, 0.3) is 0 Å². The van der Waals surface area contributed by atoms with Gasteiger partial charge in [0.15, 0.2) is 0 Å². The molecular formula is C11H11F3O3. The molecule has 1 aromatic carbocycles. The highest BCUT2D eigenvalue weighted by molar-refractivity contribution is 5.52. The van der Waals surface area contributed by atoms with Crippen molar-refractivity contribution in [2.24, 2.45) is 0 Å². The van der Waals surface area contributed by atoms with Gasteiger partial charge in [-0.1, -0.05) is 12.1 Å². The van der Waals surface area contributed by atoms with E-state index in [2.05, 4.69) is 4.74 Å². The molecule has 0 amide bonds. The van der Waals surface area contributed by atoms with Crippen LogP contribution in [0.2, 0.25) is 0 Å². The molecule has 1 rings (SSSR count). The third-order valence-corrected chi connectivity index (χ3v) is 2.17. The summed E-state index contributed by atoms with van der Waals surface area (Å²) < 4.78 is 39.6. The summed E-state index contributed by atoms with van der Waals surface area (Å²) in [5.41, 5.74) is -1.32. The average Bonchev–Trinajstić information content (AvgIpc) is 2.15. The highest BCUT2D eigenvalue weighted by Gasteiger charge is 2.32. The van der Waals surface area contributed by atoms with Crippen LogP contribution in [0.5, 0.6) is 5.75 Å². The van der Waals surface area contributed by atoms with E-state index in [4.69, 9.17) is 0 Å². The van der Waals surface area contributed by atoms with Gasteiger partial charge >= 0.3 is 6.36 Å². The van der Waals surface area contributed by atoms with E-state index in [1.807, 2.05) is 0 Å². The van der Waals surface area contributed by atoms with Crippen LogP contribution in [0, 0.1) is 0 Å². The minimum Gasteiger partial charge on any atom is -0.406 e. The zero-order valence-corrected chi connectivity index (χ0v) is 8.99. The quantitative estimate of drug-likeness (QED) is 0.832. The molecule has 0 radical (unpaired) electrons. The normalized spacial score (nSPS) is 15.1. The molecule has 0 spiro atoms. The standard InChI is InChI=1S/C11H11F3O3/c1-10(16,5-6-15)8-3-2-4-9(7-8)17-11(12,13)14/h2-4,6-7,16H,5H2,1H3. The van der Waals surface area contributed by atoms with Crippen LogP contribution in [-0.4, -0.2) is 17.8 Å². The van der Waals surface area contributed by atoms with E-state index in [-0.39, 0.29) is 12.0 Å². The fourth-order valence-corrected chi connectivity index (χ4v) is 1.31. The van der Waals surface area contributed by atoms with E-state index >= 15 is 0 Å². The number of benzene rings is 1. The van der Waals surface area contributed by atoms with Crippen LogP contribution in [0.1, 0.15) is 18.9 Å². The first-order valence-corrected chi connectivity index (χ1v) is 4.77. The summed E-state index contributed by atoms with van der Waals surface area (Å²) in [6.45, 7) is 1.34. The number of carbonyl (C=O) groups is 1. The second kappa shape index (κ2) is 4.75. The number of alkyl halides is 3. The number of carbonyl (C=O) groups excluding carboxylic acids is 1. The third-order valence-electron chi connectivity index (χ3n) is 2.17. The summed E-state index contributed by atoms with van der Waals surface area (Å²) in [5, 5.41) is 9.84. The summed E-state index contributed by atoms with van der Waals surface area (Å²) >= 11 is 0. The molecule has 0 fully saturated rings. The van der Waals surface area contributed by atoms with Crippen LogP contribution in [-0.2, 0) is 10.4 Å². The van der Waals surface area contributed by atoms with Gasteiger partial charge in [-0.05, 0) is 24.6 Å². The maximum Gasteiger partial charge on any atom is 0.573 e. The molecule has 1 aromatic rings. The van der Waals surface area contributed by atoms with Crippen molar-refractivity contribution >= 4 is 6.29 Å². The monoisotopic (exact) mass is 248 g/mol. The lowest BCUT2D eigenvalue weighted by Gasteiger charge is -2.21. The fraction of sp³-hybridized carbons (Fsp3) is 0.364. The molecular weight excluding hydrogens is 237 g/mol. The molecule has 3 nitrogen and oxygen atoms in total. The molecule has 0 saturated heterocycles. The first-order chi connectivity index (χ1) is 7.74. The van der Waals surface area contributed by atoms with Crippen molar-refractivity contribution < 1.29 is 27.8 Å². The van der Waals surface area contributed by atoms with E-state index in [9.17, 15) is 23.1 Å². The maximum absolute atomic E-state index is 12.0. The van der Waals surface area contributed by atoms with Gasteiger partial charge < -0.3 is 14.6 Å². The Kier molecular flexibility index (Phi) is 3.77. The highest BCUT2D eigenvalue weighted by Crippen LogP contribution is 2.29. The Morgan fingerprint density at radius 1 is 1.41 bits per heavy atom. The molecule has 0 bridgehead atoms. The topological polar surface area (TPSA) is 46.5 Å². The first kappa shape index (κ1) is 13.5. The molecule has 0 aromatic heterocycles. The molecule has 1 atom stereocenters. The van der Waals surface area contributed by atoms with Crippen molar-refractivity contribution in [1.29, 1.82) is 0 Å². The molecule has 94 valence electrons. The second-order valence-electron chi connectivity index (χ2n) is 3.72. The molecule has 6 heteroatoms. The zero-order valence-electron chi connectivity index (χ0n) is 8.99. The Bertz CT molecular complexity index is 399. The predicted octanol–water partition coefficient (Wildman–Crippen LogP) is 2.38. The van der Waals surface area contributed by atoms with Crippen molar-refractivity contribution in [3.8, 4) is 5.75 Å². The first-order valence-electron chi connectivity index (χ1n) is 4.77. The summed E-state index contributed by atoms with van der Waals surface area (Å²) in [6.07, 6.45) is -4.49. The van der Waals surface area contributed by atoms with E-state index < -0.39 is 17.7 Å². The van der Waals surface area contributed by atoms with Crippen LogP contribution in [0.3, 0.4) is 0 Å². The van der Waals surface area contributed by atoms with Crippen LogP contribution >= 0.6 is 0 Å². The third kappa shape index (κ3) is 4.07. The molecule has 0 aliphatic rings. The minimum absolute atomic E-state index is 0.186. The summed E-state index contributed by atoms with van der Waals surface area (Å²) in [6, 6.07) is 4.91. The van der Waals surface area contributed by atoms with Crippen molar-refractivity contribution in [1.82, 2.24) is 0 Å². The number of ether oxygens (including phenoxy) is 1. The molecule has 0 aliphatic heterocycles. The van der Waals surface area contributed by atoms with Gasteiger partial charge in [-0.15, -0.1) is 13.2 Å². The molecule has 0 aliphatic carbocycles. The summed E-state index contributed by atoms with van der Waals surface area (Å²) in [5.74, 6) is -0.429. The highest BCUT2D eigenvalue weighted by atomic mass is 19.4. The van der Waals surface area contributed by atoms with Crippen molar-refractivity contribution in [2.75, 3.05) is 0 Å². The van der Waals surface area contributed by atoms with E-state index in [1.54, 1.807) is 0 Å². The fourth-order valence-electron chi connectivity index (χ4n) is 1.31. The zero-order chi connectivity index (χ0) is 13.1. The molecule has 1 N–H and O–H groups in total. The van der Waals surface area contributed by atoms with E-state index in [0.29, 0.717) is 6.29 Å². The van der Waals surface area contributed by atoms with Gasteiger partial charge in [-0.2, -0.15) is 0 Å². The van der Waals surface area contributed by atoms with E-state index in [1.165, 1.54) is 19.1 Å². The van der Waals surface area contributed by atoms with Gasteiger partial charge in [0, 0.05) is 6.42 Å². The van der Waals surface area contributed by atoms with Gasteiger partial charge in [-0.25, -0.2) is 0 Å². The van der Waals surface area contributed by atoms with Crippen LogP contribution in [0.4, 0.5) is 13.2 Å². The molecule has 0 saturated carbocycles. The molecule has 1 unspecified atom stereocenters. The van der Waals surface area contributed by atoms with Crippen molar-refractivity contribution in [3.05, 3.63) is 29.8 Å². The van der Waals surface area contributed by atoms with Gasteiger partial charge in [0.2, 0.25) is 0 Å². The molecule has 0 heterocycles. The van der Waals surface area contributed by atoms with E-state index in [0.717, 1.165) is 12.1 Å². The Hall–Kier alpha value is -1.56.